The van der Waals surface area contributed by atoms with Gasteiger partial charge in [-0.05, 0) is 18.6 Å². The number of H-pyrrole nitrogens is 1. The maximum absolute atomic E-state index is 12.1. The van der Waals surface area contributed by atoms with Crippen molar-refractivity contribution in [2.45, 2.75) is 13.3 Å². The molecule has 2 aromatic carbocycles. The van der Waals surface area contributed by atoms with Crippen LogP contribution in [0.2, 0.25) is 0 Å². The number of aromatic amines is 1. The third-order valence-corrected chi connectivity index (χ3v) is 3.55. The van der Waals surface area contributed by atoms with Gasteiger partial charge in [0, 0.05) is 17.2 Å². The van der Waals surface area contributed by atoms with Gasteiger partial charge in [0.15, 0.2) is 0 Å². The number of para-hydroxylation sites is 1. The minimum absolute atomic E-state index is 0.0378. The molecule has 1 heterocycles. The lowest BCUT2D eigenvalue weighted by atomic mass is 10.1. The number of hydrogen-bond acceptors (Lipinski definition) is 4. The number of rotatable bonds is 3. The van der Waals surface area contributed by atoms with E-state index in [1.165, 1.54) is 6.07 Å². The second-order valence-corrected chi connectivity index (χ2v) is 4.89. The molecule has 3 aromatic rings. The number of fused-ring (bicyclic) bond motifs is 1. The van der Waals surface area contributed by atoms with Gasteiger partial charge >= 0.3 is 0 Å². The molecule has 0 spiro atoms. The Bertz CT molecular complexity index is 931. The van der Waals surface area contributed by atoms with Crippen molar-refractivity contribution in [1.82, 2.24) is 9.97 Å². The van der Waals surface area contributed by atoms with Crippen LogP contribution in [0.15, 0.2) is 47.3 Å². The Hall–Kier alpha value is -3.02. The summed E-state index contributed by atoms with van der Waals surface area (Å²) in [6.45, 7) is 1.86. The molecule has 6 heteroatoms. The highest BCUT2D eigenvalue weighted by atomic mass is 16.6. The third-order valence-electron chi connectivity index (χ3n) is 3.55. The molecule has 0 amide bonds. The highest BCUT2D eigenvalue weighted by molar-refractivity contribution is 5.79. The second-order valence-electron chi connectivity index (χ2n) is 4.89. The lowest BCUT2D eigenvalue weighted by Gasteiger charge is -2.05. The summed E-state index contributed by atoms with van der Waals surface area (Å²) in [6.07, 6.45) is 0.568. The van der Waals surface area contributed by atoms with Crippen LogP contribution in [0.4, 0.5) is 5.69 Å². The van der Waals surface area contributed by atoms with Crippen molar-refractivity contribution in [2.24, 2.45) is 0 Å². The van der Waals surface area contributed by atoms with Gasteiger partial charge in [-0.2, -0.15) is 0 Å². The Morgan fingerprint density at radius 3 is 2.73 bits per heavy atom. The maximum atomic E-state index is 12.1. The standard InChI is InChI=1S/C16H13N3O3/c1-2-10-7-8-11(9-14(10)19(21)22)15-17-13-6-4-3-5-12(13)16(20)18-15/h3-9H,2H2,1H3,(H,17,18,20). The van der Waals surface area contributed by atoms with Crippen LogP contribution in [0, 0.1) is 10.1 Å². The van der Waals surface area contributed by atoms with Gasteiger partial charge in [-0.15, -0.1) is 0 Å². The van der Waals surface area contributed by atoms with Crippen molar-refractivity contribution < 1.29 is 4.92 Å². The van der Waals surface area contributed by atoms with Crippen LogP contribution in [0.25, 0.3) is 22.3 Å². The van der Waals surface area contributed by atoms with Gasteiger partial charge in [-0.1, -0.05) is 31.2 Å². The highest BCUT2D eigenvalue weighted by Crippen LogP contribution is 2.25. The molecule has 0 saturated carbocycles. The number of nitro benzene ring substituents is 1. The van der Waals surface area contributed by atoms with Gasteiger partial charge in [0.2, 0.25) is 0 Å². The summed E-state index contributed by atoms with van der Waals surface area (Å²) in [5.41, 5.74) is 1.51. The molecule has 1 aromatic heterocycles. The van der Waals surface area contributed by atoms with E-state index in [1.807, 2.05) is 6.92 Å². The van der Waals surface area contributed by atoms with E-state index in [9.17, 15) is 14.9 Å². The first-order valence-electron chi connectivity index (χ1n) is 6.87. The van der Waals surface area contributed by atoms with E-state index in [0.717, 1.165) is 0 Å². The van der Waals surface area contributed by atoms with Crippen molar-refractivity contribution >= 4 is 16.6 Å². The lowest BCUT2D eigenvalue weighted by Crippen LogP contribution is -2.09. The van der Waals surface area contributed by atoms with Crippen molar-refractivity contribution in [3.63, 3.8) is 0 Å². The van der Waals surface area contributed by atoms with Crippen molar-refractivity contribution in [3.05, 3.63) is 68.5 Å². The highest BCUT2D eigenvalue weighted by Gasteiger charge is 2.15. The zero-order valence-electron chi connectivity index (χ0n) is 11.9. The first-order valence-corrected chi connectivity index (χ1v) is 6.87. The van der Waals surface area contributed by atoms with Gasteiger partial charge < -0.3 is 4.98 Å². The van der Waals surface area contributed by atoms with Crippen LogP contribution in [0.3, 0.4) is 0 Å². The van der Waals surface area contributed by atoms with Crippen molar-refractivity contribution in [1.29, 1.82) is 0 Å². The molecule has 0 unspecified atom stereocenters. The largest absolute Gasteiger partial charge is 0.306 e. The van der Waals surface area contributed by atoms with E-state index < -0.39 is 4.92 Å². The minimum atomic E-state index is -0.415. The Morgan fingerprint density at radius 1 is 1.23 bits per heavy atom. The van der Waals surface area contributed by atoms with Gasteiger partial charge in [0.05, 0.1) is 15.8 Å². The maximum Gasteiger partial charge on any atom is 0.273 e. The molecular weight excluding hydrogens is 282 g/mol. The molecule has 22 heavy (non-hydrogen) atoms. The van der Waals surface area contributed by atoms with Crippen molar-refractivity contribution in [3.8, 4) is 11.4 Å². The molecule has 110 valence electrons. The monoisotopic (exact) mass is 295 g/mol. The fourth-order valence-electron chi connectivity index (χ4n) is 2.40. The number of aromatic nitrogens is 2. The van der Waals surface area contributed by atoms with E-state index in [-0.39, 0.29) is 11.2 Å². The third kappa shape index (κ3) is 2.35. The summed E-state index contributed by atoms with van der Waals surface area (Å²) in [6, 6.07) is 11.9. The molecule has 0 fully saturated rings. The van der Waals surface area contributed by atoms with Crippen molar-refractivity contribution in [2.75, 3.05) is 0 Å². The molecular formula is C16H13N3O3. The molecule has 0 saturated heterocycles. The van der Waals surface area contributed by atoms with Crippen LogP contribution in [0.1, 0.15) is 12.5 Å². The molecule has 1 N–H and O–H groups in total. The summed E-state index contributed by atoms with van der Waals surface area (Å²) in [5, 5.41) is 11.6. The average molecular weight is 295 g/mol. The Morgan fingerprint density at radius 2 is 2.00 bits per heavy atom. The van der Waals surface area contributed by atoms with Crippen LogP contribution < -0.4 is 5.56 Å². The second kappa shape index (κ2) is 5.40. The smallest absolute Gasteiger partial charge is 0.273 e. The number of hydrogen-bond donors (Lipinski definition) is 1. The van der Waals surface area contributed by atoms with E-state index in [2.05, 4.69) is 9.97 Å². The Balaban J connectivity index is 2.21. The van der Waals surface area contributed by atoms with Gasteiger partial charge in [0.1, 0.15) is 5.82 Å². The number of nitro groups is 1. The number of aryl methyl sites for hydroxylation is 1. The van der Waals surface area contributed by atoms with E-state index in [1.54, 1.807) is 36.4 Å². The number of nitrogens with zero attached hydrogens (tertiary/aromatic N) is 2. The molecule has 0 radical (unpaired) electrons. The zero-order chi connectivity index (χ0) is 15.7. The fourth-order valence-corrected chi connectivity index (χ4v) is 2.40. The Kier molecular flexibility index (Phi) is 3.42. The van der Waals surface area contributed by atoms with E-state index in [0.29, 0.717) is 34.3 Å². The van der Waals surface area contributed by atoms with E-state index in [4.69, 9.17) is 0 Å². The summed E-state index contributed by atoms with van der Waals surface area (Å²) in [5.74, 6) is 0.328. The lowest BCUT2D eigenvalue weighted by molar-refractivity contribution is -0.385. The number of nitrogens with one attached hydrogen (secondary N) is 1. The molecule has 0 atom stereocenters. The van der Waals surface area contributed by atoms with Crippen LogP contribution in [-0.2, 0) is 6.42 Å². The predicted octanol–water partition coefficient (Wildman–Crippen LogP) is 3.06. The molecule has 3 rings (SSSR count). The van der Waals surface area contributed by atoms with E-state index >= 15 is 0 Å². The molecule has 0 aliphatic rings. The summed E-state index contributed by atoms with van der Waals surface area (Å²) in [4.78, 5) is 29.9. The van der Waals surface area contributed by atoms with Gasteiger partial charge in [0.25, 0.3) is 11.2 Å². The molecule has 0 aliphatic carbocycles. The summed E-state index contributed by atoms with van der Waals surface area (Å²) < 4.78 is 0. The van der Waals surface area contributed by atoms with Gasteiger partial charge in [-0.25, -0.2) is 4.98 Å². The predicted molar refractivity (Wildman–Crippen MR) is 83.8 cm³/mol. The zero-order valence-corrected chi connectivity index (χ0v) is 11.9. The number of benzene rings is 2. The molecule has 0 bridgehead atoms. The van der Waals surface area contributed by atoms with Crippen LogP contribution in [0.5, 0.6) is 0 Å². The first-order chi connectivity index (χ1) is 10.6. The fraction of sp³-hybridized carbons (Fsp3) is 0.125. The summed E-state index contributed by atoms with van der Waals surface area (Å²) in [7, 11) is 0. The quantitative estimate of drug-likeness (QED) is 0.594. The Labute approximate surface area is 125 Å². The molecule has 6 nitrogen and oxygen atoms in total. The average Bonchev–Trinajstić information content (AvgIpc) is 2.54. The minimum Gasteiger partial charge on any atom is -0.306 e. The van der Waals surface area contributed by atoms with Gasteiger partial charge in [-0.3, -0.25) is 14.9 Å². The van der Waals surface area contributed by atoms with Crippen LogP contribution >= 0.6 is 0 Å². The SMILES string of the molecule is CCc1ccc(-c2nc3ccccc3c(=O)[nH]2)cc1[N+](=O)[O-]. The molecule has 0 aliphatic heterocycles. The first kappa shape index (κ1) is 13.9. The van der Waals surface area contributed by atoms with Crippen LogP contribution in [-0.4, -0.2) is 14.9 Å². The summed E-state index contributed by atoms with van der Waals surface area (Å²) >= 11 is 0. The topological polar surface area (TPSA) is 88.9 Å². The normalized spacial score (nSPS) is 10.8.